The van der Waals surface area contributed by atoms with Crippen LogP contribution in [-0.4, -0.2) is 17.1 Å². The minimum Gasteiger partial charge on any atom is -0.856 e. The van der Waals surface area contributed by atoms with Crippen LogP contribution in [0.15, 0.2) is 6.20 Å². The van der Waals surface area contributed by atoms with Crippen molar-refractivity contribution in [2.75, 3.05) is 7.11 Å². The van der Waals surface area contributed by atoms with E-state index in [9.17, 15) is 9.50 Å². The molecule has 4 nitrogen and oxygen atoms in total. The number of aromatic nitrogens is 2. The van der Waals surface area contributed by atoms with Gasteiger partial charge in [-0.3, -0.25) is 0 Å². The number of rotatable bonds is 1. The molecule has 0 unspecified atom stereocenters. The number of ether oxygens (including phenoxy) is 1. The van der Waals surface area contributed by atoms with Gasteiger partial charge in [-0.1, -0.05) is 0 Å². The monoisotopic (exact) mass is 143 g/mol. The molecule has 0 saturated heterocycles. The summed E-state index contributed by atoms with van der Waals surface area (Å²) in [7, 11) is 1.30. The van der Waals surface area contributed by atoms with E-state index in [1.54, 1.807) is 0 Å². The number of methoxy groups -OCH3 is 1. The second-order valence-corrected chi connectivity index (χ2v) is 1.51. The van der Waals surface area contributed by atoms with Crippen LogP contribution in [0, 0.1) is 5.82 Å². The van der Waals surface area contributed by atoms with Crippen molar-refractivity contribution in [2.24, 2.45) is 0 Å². The smallest absolute Gasteiger partial charge is 0.315 e. The molecule has 0 amide bonds. The molecule has 0 spiro atoms. The summed E-state index contributed by atoms with van der Waals surface area (Å²) in [6, 6.07) is -0.119. The van der Waals surface area contributed by atoms with Crippen LogP contribution in [0.25, 0.3) is 0 Å². The van der Waals surface area contributed by atoms with Crippen LogP contribution in [0.3, 0.4) is 0 Å². The molecule has 10 heavy (non-hydrogen) atoms. The Morgan fingerprint density at radius 3 is 2.90 bits per heavy atom. The Hall–Kier alpha value is -1.39. The van der Waals surface area contributed by atoms with Crippen LogP contribution < -0.4 is 9.84 Å². The summed E-state index contributed by atoms with van der Waals surface area (Å²) < 4.78 is 16.6. The third kappa shape index (κ3) is 1.12. The van der Waals surface area contributed by atoms with E-state index in [1.807, 2.05) is 0 Å². The molecule has 1 aromatic heterocycles. The summed E-state index contributed by atoms with van der Waals surface area (Å²) in [6.07, 6.45) is 0.772. The van der Waals surface area contributed by atoms with E-state index in [-0.39, 0.29) is 6.01 Å². The second-order valence-electron chi connectivity index (χ2n) is 1.51. The number of hydrogen-bond donors (Lipinski definition) is 0. The van der Waals surface area contributed by atoms with Crippen molar-refractivity contribution in [1.29, 1.82) is 0 Å². The van der Waals surface area contributed by atoms with Crippen LogP contribution in [-0.2, 0) is 0 Å². The highest BCUT2D eigenvalue weighted by molar-refractivity contribution is 5.10. The molecule has 0 atom stereocenters. The number of halogens is 1. The van der Waals surface area contributed by atoms with Crippen molar-refractivity contribution in [2.45, 2.75) is 0 Å². The van der Waals surface area contributed by atoms with Gasteiger partial charge in [0.2, 0.25) is 0 Å². The molecule has 0 bridgehead atoms. The summed E-state index contributed by atoms with van der Waals surface area (Å²) in [5.41, 5.74) is 0. The molecule has 1 heterocycles. The SMILES string of the molecule is COc1ncc(F)c([O-])n1. The lowest BCUT2D eigenvalue weighted by Gasteiger charge is -2.04. The van der Waals surface area contributed by atoms with Crippen molar-refractivity contribution in [1.82, 2.24) is 9.97 Å². The Morgan fingerprint density at radius 2 is 2.40 bits per heavy atom. The maximum Gasteiger partial charge on any atom is 0.315 e. The summed E-state index contributed by atoms with van der Waals surface area (Å²) in [5, 5.41) is 10.4. The van der Waals surface area contributed by atoms with Crippen LogP contribution in [0.2, 0.25) is 0 Å². The first-order chi connectivity index (χ1) is 4.74. The maximum atomic E-state index is 12.1. The van der Waals surface area contributed by atoms with Gasteiger partial charge in [0.05, 0.1) is 13.3 Å². The lowest BCUT2D eigenvalue weighted by Crippen LogP contribution is -2.01. The fraction of sp³-hybridized carbons (Fsp3) is 0.200. The van der Waals surface area contributed by atoms with Crippen molar-refractivity contribution < 1.29 is 14.2 Å². The third-order valence-electron chi connectivity index (χ3n) is 0.872. The second kappa shape index (κ2) is 2.47. The minimum atomic E-state index is -0.971. The third-order valence-corrected chi connectivity index (χ3v) is 0.872. The van der Waals surface area contributed by atoms with Crippen LogP contribution in [0.1, 0.15) is 0 Å². The van der Waals surface area contributed by atoms with Gasteiger partial charge in [0.25, 0.3) is 0 Å². The molecule has 5 heteroatoms. The number of hydrogen-bond acceptors (Lipinski definition) is 4. The molecule has 0 aliphatic heterocycles. The molecular formula is C5H4FN2O2-. The maximum absolute atomic E-state index is 12.1. The highest BCUT2D eigenvalue weighted by atomic mass is 19.1. The van der Waals surface area contributed by atoms with E-state index in [2.05, 4.69) is 14.7 Å². The van der Waals surface area contributed by atoms with Gasteiger partial charge in [-0.2, -0.15) is 0 Å². The van der Waals surface area contributed by atoms with Crippen molar-refractivity contribution >= 4 is 0 Å². The summed E-state index contributed by atoms with van der Waals surface area (Å²) in [5.74, 6) is -1.92. The molecule has 0 aliphatic carbocycles. The molecule has 0 aromatic carbocycles. The van der Waals surface area contributed by atoms with Gasteiger partial charge >= 0.3 is 6.01 Å². The average molecular weight is 143 g/mol. The van der Waals surface area contributed by atoms with Crippen LogP contribution in [0.4, 0.5) is 4.39 Å². The zero-order valence-corrected chi connectivity index (χ0v) is 5.17. The molecule has 54 valence electrons. The van der Waals surface area contributed by atoms with Crippen molar-refractivity contribution in [3.8, 4) is 11.9 Å². The molecular weight excluding hydrogens is 139 g/mol. The Bertz CT molecular complexity index is 241. The Kier molecular flexibility index (Phi) is 1.66. The van der Waals surface area contributed by atoms with Gasteiger partial charge in [-0.15, -0.1) is 0 Å². The first kappa shape index (κ1) is 6.73. The largest absolute Gasteiger partial charge is 0.856 e. The topological polar surface area (TPSA) is 58.1 Å². The lowest BCUT2D eigenvalue weighted by molar-refractivity contribution is -0.279. The molecule has 0 N–H and O–H groups in total. The normalized spacial score (nSPS) is 9.40. The first-order valence-electron chi connectivity index (χ1n) is 2.47. The van der Waals surface area contributed by atoms with Crippen molar-refractivity contribution in [3.63, 3.8) is 0 Å². The summed E-state index contributed by atoms with van der Waals surface area (Å²) >= 11 is 0. The molecule has 0 aliphatic rings. The van der Waals surface area contributed by atoms with Gasteiger partial charge in [0, 0.05) is 5.88 Å². The van der Waals surface area contributed by atoms with Gasteiger partial charge in [-0.05, 0) is 0 Å². The van der Waals surface area contributed by atoms with Gasteiger partial charge in [0.15, 0.2) is 5.82 Å². The van der Waals surface area contributed by atoms with E-state index in [0.29, 0.717) is 0 Å². The Morgan fingerprint density at radius 1 is 1.70 bits per heavy atom. The summed E-state index contributed by atoms with van der Waals surface area (Å²) in [4.78, 5) is 6.48. The van der Waals surface area contributed by atoms with E-state index in [4.69, 9.17) is 0 Å². The molecule has 1 aromatic rings. The Labute approximate surface area is 56.3 Å². The van der Waals surface area contributed by atoms with Crippen LogP contribution >= 0.6 is 0 Å². The number of nitrogens with zero attached hydrogens (tertiary/aromatic N) is 2. The quantitative estimate of drug-likeness (QED) is 0.541. The lowest BCUT2D eigenvalue weighted by atomic mass is 10.6. The predicted molar refractivity (Wildman–Crippen MR) is 28.0 cm³/mol. The minimum absolute atomic E-state index is 0.119. The molecule has 0 saturated carbocycles. The van der Waals surface area contributed by atoms with E-state index >= 15 is 0 Å². The predicted octanol–water partition coefficient (Wildman–Crippen LogP) is -0.302. The standard InChI is InChI=1S/C5H5FN2O2/c1-10-5-7-2-3(6)4(9)8-5/h2H,1H3,(H,7,8,9)/p-1. The summed E-state index contributed by atoms with van der Waals surface area (Å²) in [6.45, 7) is 0. The fourth-order valence-corrected chi connectivity index (χ4v) is 0.435. The molecule has 1 rings (SSSR count). The van der Waals surface area contributed by atoms with Gasteiger partial charge in [-0.25, -0.2) is 14.4 Å². The van der Waals surface area contributed by atoms with Gasteiger partial charge < -0.3 is 9.84 Å². The fourth-order valence-electron chi connectivity index (χ4n) is 0.435. The molecule has 0 radical (unpaired) electrons. The Balaban J connectivity index is 3.04. The van der Waals surface area contributed by atoms with E-state index in [0.717, 1.165) is 6.20 Å². The van der Waals surface area contributed by atoms with Gasteiger partial charge in [0.1, 0.15) is 0 Å². The highest BCUT2D eigenvalue weighted by Crippen LogP contribution is 2.09. The van der Waals surface area contributed by atoms with E-state index in [1.165, 1.54) is 7.11 Å². The van der Waals surface area contributed by atoms with Crippen molar-refractivity contribution in [3.05, 3.63) is 12.0 Å². The molecule has 0 fully saturated rings. The highest BCUT2D eigenvalue weighted by Gasteiger charge is 1.96. The van der Waals surface area contributed by atoms with Crippen LogP contribution in [0.5, 0.6) is 11.9 Å². The zero-order chi connectivity index (χ0) is 7.56. The average Bonchev–Trinajstić information content (AvgIpc) is 1.95. The first-order valence-corrected chi connectivity index (χ1v) is 2.47. The van der Waals surface area contributed by atoms with E-state index < -0.39 is 11.7 Å². The zero-order valence-electron chi connectivity index (χ0n) is 5.17.